The predicted octanol–water partition coefficient (Wildman–Crippen LogP) is 1.57. The summed E-state index contributed by atoms with van der Waals surface area (Å²) >= 11 is 0. The summed E-state index contributed by atoms with van der Waals surface area (Å²) in [6, 6.07) is 5.40. The number of rotatable bonds is 4. The van der Waals surface area contributed by atoms with Crippen molar-refractivity contribution in [2.75, 3.05) is 13.2 Å². The highest BCUT2D eigenvalue weighted by Crippen LogP contribution is 2.20. The van der Waals surface area contributed by atoms with Crippen molar-refractivity contribution in [3.8, 4) is 5.75 Å². The third kappa shape index (κ3) is 2.57. The largest absolute Gasteiger partial charge is 0.490 e. The van der Waals surface area contributed by atoms with Crippen LogP contribution >= 0.6 is 0 Å². The van der Waals surface area contributed by atoms with Gasteiger partial charge in [0.05, 0.1) is 12.2 Å². The molecule has 0 amide bonds. The molecular formula is C11H14O3. The van der Waals surface area contributed by atoms with Crippen LogP contribution < -0.4 is 4.74 Å². The van der Waals surface area contributed by atoms with Gasteiger partial charge in [0.2, 0.25) is 0 Å². The minimum atomic E-state index is -0.0503. The van der Waals surface area contributed by atoms with Crippen molar-refractivity contribution in [3.05, 3.63) is 29.3 Å². The maximum Gasteiger partial charge on any atom is 0.163 e. The number of aliphatic hydroxyl groups is 1. The molecule has 1 N–H and O–H groups in total. The Balaban J connectivity index is 2.97. The number of aryl methyl sites for hydroxylation is 1. The number of aliphatic hydroxyl groups excluding tert-OH is 1. The van der Waals surface area contributed by atoms with Gasteiger partial charge in [-0.1, -0.05) is 6.07 Å². The number of carbonyl (C=O) groups is 1. The van der Waals surface area contributed by atoms with E-state index in [4.69, 9.17) is 9.84 Å². The molecule has 1 aromatic carbocycles. The molecule has 0 aliphatic rings. The van der Waals surface area contributed by atoms with Crippen LogP contribution in [0.2, 0.25) is 0 Å². The summed E-state index contributed by atoms with van der Waals surface area (Å²) in [5, 5.41) is 8.62. The Labute approximate surface area is 83.3 Å². The molecule has 0 aliphatic carbocycles. The highest BCUT2D eigenvalue weighted by molar-refractivity contribution is 5.96. The summed E-state index contributed by atoms with van der Waals surface area (Å²) in [6.45, 7) is 3.58. The lowest BCUT2D eigenvalue weighted by atomic mass is 10.1. The molecule has 0 saturated heterocycles. The van der Waals surface area contributed by atoms with Crippen molar-refractivity contribution >= 4 is 5.78 Å². The minimum absolute atomic E-state index is 0.0297. The van der Waals surface area contributed by atoms with E-state index in [0.717, 1.165) is 5.56 Å². The monoisotopic (exact) mass is 194 g/mol. The van der Waals surface area contributed by atoms with E-state index >= 15 is 0 Å². The molecular weight excluding hydrogens is 180 g/mol. The second kappa shape index (κ2) is 4.77. The molecule has 3 heteroatoms. The number of hydrogen-bond acceptors (Lipinski definition) is 3. The minimum Gasteiger partial charge on any atom is -0.490 e. The number of ether oxygens (including phenoxy) is 1. The molecule has 0 radical (unpaired) electrons. The third-order valence-electron chi connectivity index (χ3n) is 1.87. The third-order valence-corrected chi connectivity index (χ3v) is 1.87. The van der Waals surface area contributed by atoms with Gasteiger partial charge in [-0.25, -0.2) is 0 Å². The lowest BCUT2D eigenvalue weighted by Crippen LogP contribution is -2.05. The molecule has 0 atom stereocenters. The maximum atomic E-state index is 11.2. The van der Waals surface area contributed by atoms with Gasteiger partial charge >= 0.3 is 0 Å². The maximum absolute atomic E-state index is 11.2. The van der Waals surface area contributed by atoms with E-state index in [-0.39, 0.29) is 19.0 Å². The van der Waals surface area contributed by atoms with Crippen molar-refractivity contribution < 1.29 is 14.6 Å². The Bertz CT molecular complexity index is 331. The van der Waals surface area contributed by atoms with Crippen LogP contribution in [-0.4, -0.2) is 24.1 Å². The van der Waals surface area contributed by atoms with Gasteiger partial charge in [0.15, 0.2) is 5.78 Å². The Morgan fingerprint density at radius 3 is 2.79 bits per heavy atom. The standard InChI is InChI=1S/C11H14O3/c1-8-3-4-10(9(2)13)11(7-8)14-6-5-12/h3-4,7,12H,5-6H2,1-2H3. The fourth-order valence-corrected chi connectivity index (χ4v) is 1.20. The Hall–Kier alpha value is -1.35. The van der Waals surface area contributed by atoms with E-state index in [2.05, 4.69) is 0 Å². The zero-order chi connectivity index (χ0) is 10.6. The molecule has 1 rings (SSSR count). The highest BCUT2D eigenvalue weighted by Gasteiger charge is 2.07. The number of carbonyl (C=O) groups excluding carboxylic acids is 1. The lowest BCUT2D eigenvalue weighted by Gasteiger charge is -2.09. The predicted molar refractivity (Wildman–Crippen MR) is 53.8 cm³/mol. The molecule has 3 nitrogen and oxygen atoms in total. The molecule has 0 aromatic heterocycles. The average molecular weight is 194 g/mol. The number of hydrogen-bond donors (Lipinski definition) is 1. The van der Waals surface area contributed by atoms with Gasteiger partial charge in [-0.3, -0.25) is 4.79 Å². The zero-order valence-corrected chi connectivity index (χ0v) is 8.41. The first kappa shape index (κ1) is 10.7. The second-order valence-corrected chi connectivity index (χ2v) is 3.13. The van der Waals surface area contributed by atoms with E-state index in [1.54, 1.807) is 12.1 Å². The Kier molecular flexibility index (Phi) is 3.65. The first-order chi connectivity index (χ1) is 6.65. The van der Waals surface area contributed by atoms with Crippen LogP contribution in [-0.2, 0) is 0 Å². The summed E-state index contributed by atoms with van der Waals surface area (Å²) < 4.78 is 5.26. The van der Waals surface area contributed by atoms with Crippen molar-refractivity contribution in [1.29, 1.82) is 0 Å². The smallest absolute Gasteiger partial charge is 0.163 e. The Morgan fingerprint density at radius 2 is 2.21 bits per heavy atom. The molecule has 0 heterocycles. The van der Waals surface area contributed by atoms with Crippen LogP contribution in [0, 0.1) is 6.92 Å². The fraction of sp³-hybridized carbons (Fsp3) is 0.364. The normalized spacial score (nSPS) is 9.93. The van der Waals surface area contributed by atoms with Gasteiger partial charge in [-0.05, 0) is 31.5 Å². The number of benzene rings is 1. The van der Waals surface area contributed by atoms with Gasteiger partial charge < -0.3 is 9.84 Å². The van der Waals surface area contributed by atoms with E-state index < -0.39 is 0 Å². The van der Waals surface area contributed by atoms with E-state index in [0.29, 0.717) is 11.3 Å². The quantitative estimate of drug-likeness (QED) is 0.740. The molecule has 1 aromatic rings. The lowest BCUT2D eigenvalue weighted by molar-refractivity contribution is 0.101. The SMILES string of the molecule is CC(=O)c1ccc(C)cc1OCCO. The zero-order valence-electron chi connectivity index (χ0n) is 8.41. The molecule has 0 fully saturated rings. The van der Waals surface area contributed by atoms with E-state index in [1.807, 2.05) is 13.0 Å². The van der Waals surface area contributed by atoms with Crippen LogP contribution in [0.5, 0.6) is 5.75 Å². The van der Waals surface area contributed by atoms with Crippen LogP contribution in [0.3, 0.4) is 0 Å². The Morgan fingerprint density at radius 1 is 1.50 bits per heavy atom. The van der Waals surface area contributed by atoms with Gasteiger partial charge in [0, 0.05) is 0 Å². The van der Waals surface area contributed by atoms with Crippen molar-refractivity contribution in [3.63, 3.8) is 0 Å². The second-order valence-electron chi connectivity index (χ2n) is 3.13. The van der Waals surface area contributed by atoms with Gasteiger partial charge in [0.25, 0.3) is 0 Å². The molecule has 0 unspecified atom stereocenters. The van der Waals surface area contributed by atoms with Gasteiger partial charge in [0.1, 0.15) is 12.4 Å². The first-order valence-corrected chi connectivity index (χ1v) is 4.50. The van der Waals surface area contributed by atoms with Crippen LogP contribution in [0.25, 0.3) is 0 Å². The fourth-order valence-electron chi connectivity index (χ4n) is 1.20. The van der Waals surface area contributed by atoms with Gasteiger partial charge in [-0.2, -0.15) is 0 Å². The van der Waals surface area contributed by atoms with E-state index in [9.17, 15) is 4.79 Å². The number of ketones is 1. The highest BCUT2D eigenvalue weighted by atomic mass is 16.5. The van der Waals surface area contributed by atoms with Crippen molar-refractivity contribution in [2.45, 2.75) is 13.8 Å². The van der Waals surface area contributed by atoms with E-state index in [1.165, 1.54) is 6.92 Å². The molecule has 76 valence electrons. The summed E-state index contributed by atoms with van der Waals surface area (Å²) in [5.41, 5.74) is 1.59. The van der Waals surface area contributed by atoms with Crippen LogP contribution in [0.4, 0.5) is 0 Å². The molecule has 14 heavy (non-hydrogen) atoms. The summed E-state index contributed by atoms with van der Waals surface area (Å²) in [6.07, 6.45) is 0. The van der Waals surface area contributed by atoms with Crippen LogP contribution in [0.1, 0.15) is 22.8 Å². The van der Waals surface area contributed by atoms with Crippen molar-refractivity contribution in [2.24, 2.45) is 0 Å². The van der Waals surface area contributed by atoms with Crippen molar-refractivity contribution in [1.82, 2.24) is 0 Å². The molecule has 0 aliphatic heterocycles. The summed E-state index contributed by atoms with van der Waals surface area (Å²) in [4.78, 5) is 11.2. The molecule has 0 saturated carbocycles. The van der Waals surface area contributed by atoms with Gasteiger partial charge in [-0.15, -0.1) is 0 Å². The summed E-state index contributed by atoms with van der Waals surface area (Å²) in [5.74, 6) is 0.518. The molecule has 0 bridgehead atoms. The molecule has 0 spiro atoms. The topological polar surface area (TPSA) is 46.5 Å². The number of Topliss-reactive ketones (excluding diaryl/α,β-unsaturated/α-hetero) is 1. The first-order valence-electron chi connectivity index (χ1n) is 4.50. The average Bonchev–Trinajstić information content (AvgIpc) is 2.14. The van der Waals surface area contributed by atoms with Crippen LogP contribution in [0.15, 0.2) is 18.2 Å². The summed E-state index contributed by atoms with van der Waals surface area (Å²) in [7, 11) is 0.